The van der Waals surface area contributed by atoms with Crippen molar-refractivity contribution in [1.29, 1.82) is 0 Å². The summed E-state index contributed by atoms with van der Waals surface area (Å²) in [6, 6.07) is -3.68. The van der Waals surface area contributed by atoms with Gasteiger partial charge in [0.05, 0.1) is 36.0 Å². The summed E-state index contributed by atoms with van der Waals surface area (Å²) in [5.41, 5.74) is 0. The number of carbonyl (C=O) groups is 9. The van der Waals surface area contributed by atoms with Gasteiger partial charge in [-0.1, -0.05) is 213 Å². The van der Waals surface area contributed by atoms with E-state index < -0.39 is 53.9 Å². The van der Waals surface area contributed by atoms with Crippen LogP contribution in [0.3, 0.4) is 0 Å². The third kappa shape index (κ3) is 60.6. The number of nitrogens with one attached hydrogen (secondary N) is 3. The first-order valence-corrected chi connectivity index (χ1v) is 29.1. The molecule has 76 heavy (non-hydrogen) atoms. The summed E-state index contributed by atoms with van der Waals surface area (Å²) in [5.74, 6) is -8.64. The summed E-state index contributed by atoms with van der Waals surface area (Å²) in [6.07, 6.45) is 38.5. The van der Waals surface area contributed by atoms with Gasteiger partial charge in [-0.2, -0.15) is 0 Å². The molecular weight excluding hydrogens is 994 g/mol. The van der Waals surface area contributed by atoms with E-state index >= 15 is 0 Å². The van der Waals surface area contributed by atoms with Gasteiger partial charge in [-0.15, -0.1) is 0 Å². The molecule has 0 rings (SSSR count). The molecule has 0 unspecified atom stereocenters. The number of hydrogen-bond donors (Lipinski definition) is 6. The summed E-state index contributed by atoms with van der Waals surface area (Å²) in [7, 11) is 0. The zero-order valence-electron chi connectivity index (χ0n) is 47.2. The van der Waals surface area contributed by atoms with Gasteiger partial charge >= 0.3 is 35.3 Å². The number of carboxylic acids is 6. The topological polar surface area (TPSA) is 320 Å². The predicted molar refractivity (Wildman–Crippen MR) is 290 cm³/mol. The summed E-state index contributed by atoms with van der Waals surface area (Å²) in [6.45, 7) is 6.65. The molecule has 3 atom stereocenters. The Hall–Kier alpha value is -4.24. The van der Waals surface area contributed by atoms with Gasteiger partial charge in [0.25, 0.3) is 0 Å². The van der Waals surface area contributed by atoms with Crippen LogP contribution >= 0.6 is 0 Å². The molecule has 0 aliphatic rings. The standard InChI is InChI=1S/3C19H35NO5.Al/c3*1-2-3-4-5-6-7-8-9-10-11-12-13-17(21)20-16(19(24)25)14-15-18(22)23;/h3*16H,2-15H2,1H3,(H,20,21)(H,22,23)(H,24,25);/q;;;+3/p-3/t3*16-;/m000./s1. The maximum atomic E-state index is 11.7. The van der Waals surface area contributed by atoms with Gasteiger partial charge in [-0.05, 0) is 38.5 Å². The Balaban J connectivity index is -0.000000508. The molecule has 0 aromatic rings. The second kappa shape index (κ2) is 58.4. The minimum atomic E-state index is -1.44. The van der Waals surface area contributed by atoms with Crippen LogP contribution in [0.15, 0.2) is 0 Å². The van der Waals surface area contributed by atoms with E-state index in [0.29, 0.717) is 0 Å². The van der Waals surface area contributed by atoms with Gasteiger partial charge in [0.15, 0.2) is 0 Å². The normalized spacial score (nSPS) is 11.7. The minimum absolute atomic E-state index is 0. The quantitative estimate of drug-likeness (QED) is 0.0248. The van der Waals surface area contributed by atoms with Crippen LogP contribution in [0, 0.1) is 0 Å². The average molecular weight is 1100 g/mol. The maximum absolute atomic E-state index is 11.7. The molecule has 0 saturated heterocycles. The molecule has 18 nitrogen and oxygen atoms in total. The molecule has 0 aromatic heterocycles. The molecule has 6 N–H and O–H groups in total. The zero-order valence-corrected chi connectivity index (χ0v) is 48.4. The van der Waals surface area contributed by atoms with E-state index in [2.05, 4.69) is 36.7 Å². The first kappa shape index (κ1) is 78.3. The molecule has 0 saturated carbocycles. The van der Waals surface area contributed by atoms with E-state index in [1.807, 2.05) is 0 Å². The number of aliphatic carboxylic acids is 6. The fourth-order valence-electron chi connectivity index (χ4n) is 8.20. The van der Waals surface area contributed by atoms with Crippen LogP contribution in [0.1, 0.15) is 290 Å². The first-order valence-electron chi connectivity index (χ1n) is 29.1. The number of rotatable bonds is 51. The van der Waals surface area contributed by atoms with Crippen molar-refractivity contribution < 1.29 is 73.8 Å². The summed E-state index contributed by atoms with van der Waals surface area (Å²) in [4.78, 5) is 99.2. The molecule has 0 spiro atoms. The predicted octanol–water partition coefficient (Wildman–Crippen LogP) is 7.98. The summed E-state index contributed by atoms with van der Waals surface area (Å²) >= 11 is 0. The summed E-state index contributed by atoms with van der Waals surface area (Å²) < 4.78 is 0. The number of carbonyl (C=O) groups excluding carboxylic acids is 6. The third-order valence-corrected chi connectivity index (χ3v) is 12.8. The Kier molecular flexibility index (Phi) is 60.2. The molecular formula is C57H102AlN3O15. The van der Waals surface area contributed by atoms with E-state index in [1.54, 1.807) is 0 Å². The van der Waals surface area contributed by atoms with Crippen LogP contribution in [0.25, 0.3) is 0 Å². The Morgan fingerprint density at radius 3 is 0.592 bits per heavy atom. The van der Waals surface area contributed by atoms with Gasteiger partial charge in [0, 0.05) is 38.5 Å². The van der Waals surface area contributed by atoms with Crippen LogP contribution < -0.4 is 31.3 Å². The van der Waals surface area contributed by atoms with E-state index in [0.717, 1.165) is 57.8 Å². The van der Waals surface area contributed by atoms with Gasteiger partial charge in [0.2, 0.25) is 17.7 Å². The first-order chi connectivity index (χ1) is 35.9. The molecule has 3 amide bonds. The number of unbranched alkanes of at least 4 members (excludes halogenated alkanes) is 30. The molecule has 438 valence electrons. The fourth-order valence-corrected chi connectivity index (χ4v) is 8.20. The van der Waals surface area contributed by atoms with Gasteiger partial charge in [-0.3, -0.25) is 28.8 Å². The van der Waals surface area contributed by atoms with Gasteiger partial charge in [-0.25, -0.2) is 0 Å². The third-order valence-electron chi connectivity index (χ3n) is 12.8. The Morgan fingerprint density at radius 2 is 0.447 bits per heavy atom. The van der Waals surface area contributed by atoms with Gasteiger partial charge < -0.3 is 61.0 Å². The molecule has 0 aromatic carbocycles. The van der Waals surface area contributed by atoms with E-state index in [-0.39, 0.29) is 92.9 Å². The van der Waals surface area contributed by atoms with Crippen molar-refractivity contribution in [2.75, 3.05) is 0 Å². The van der Waals surface area contributed by atoms with Crippen LogP contribution in [0.4, 0.5) is 0 Å². The monoisotopic (exact) mass is 1100 g/mol. The number of hydrogen-bond acceptors (Lipinski definition) is 12. The number of carboxylic acid groups (broad SMARTS) is 6. The van der Waals surface area contributed by atoms with Crippen molar-refractivity contribution in [2.45, 2.75) is 309 Å². The summed E-state index contributed by atoms with van der Waals surface area (Å²) in [5, 5.41) is 65.4. The molecule has 0 bridgehead atoms. The van der Waals surface area contributed by atoms with Crippen molar-refractivity contribution in [3.63, 3.8) is 0 Å². The second-order valence-electron chi connectivity index (χ2n) is 20.0. The van der Waals surface area contributed by atoms with Gasteiger partial charge in [0.1, 0.15) is 0 Å². The van der Waals surface area contributed by atoms with Crippen LogP contribution in [0.5, 0.6) is 0 Å². The Bertz CT molecular complexity index is 1330. The average Bonchev–Trinajstić information content (AvgIpc) is 3.35. The SMILES string of the molecule is CCCCCCCCCCCCCC(=O)N[C@@H](CCC(=O)O)C(=O)[O-].CCCCCCCCCCCCCC(=O)N[C@@H](CCC(=O)O)C(=O)[O-].CCCCCCCCCCCCCC(=O)N[C@@H](CCC(=O)O)C(=O)[O-].[Al+3]. The van der Waals surface area contributed by atoms with Crippen LogP contribution in [-0.4, -0.2) is 104 Å². The maximum Gasteiger partial charge on any atom is 3.00 e. The molecule has 0 aliphatic heterocycles. The minimum Gasteiger partial charge on any atom is -0.548 e. The van der Waals surface area contributed by atoms with Crippen molar-refractivity contribution in [3.05, 3.63) is 0 Å². The Morgan fingerprint density at radius 1 is 0.289 bits per heavy atom. The van der Waals surface area contributed by atoms with E-state index in [9.17, 15) is 58.5 Å². The van der Waals surface area contributed by atoms with Crippen LogP contribution in [0.2, 0.25) is 0 Å². The molecule has 0 heterocycles. The zero-order chi connectivity index (χ0) is 56.7. The van der Waals surface area contributed by atoms with Crippen molar-refractivity contribution in [2.24, 2.45) is 0 Å². The molecule has 0 aliphatic carbocycles. The smallest absolute Gasteiger partial charge is 0.548 e. The van der Waals surface area contributed by atoms with Crippen LogP contribution in [-0.2, 0) is 43.2 Å². The van der Waals surface area contributed by atoms with Crippen molar-refractivity contribution >= 4 is 70.9 Å². The fraction of sp³-hybridized carbons (Fsp3) is 0.842. The largest absolute Gasteiger partial charge is 3.00 e. The van der Waals surface area contributed by atoms with Crippen molar-refractivity contribution in [1.82, 2.24) is 16.0 Å². The molecule has 19 heteroatoms. The van der Waals surface area contributed by atoms with E-state index in [1.165, 1.54) is 154 Å². The number of amides is 3. The second-order valence-corrected chi connectivity index (χ2v) is 20.0. The van der Waals surface area contributed by atoms with E-state index in [4.69, 9.17) is 15.3 Å². The van der Waals surface area contributed by atoms with Crippen molar-refractivity contribution in [3.8, 4) is 0 Å². The Labute approximate surface area is 467 Å². The molecule has 0 radical (unpaired) electrons. The molecule has 0 fully saturated rings.